The number of carboxylic acids is 1. The molecule has 0 heterocycles. The molecule has 0 bridgehead atoms. The van der Waals surface area contributed by atoms with E-state index in [1.54, 1.807) is 24.3 Å². The monoisotopic (exact) mass is 564 g/mol. The smallest absolute Gasteiger partial charge is 0.325 e. The maximum atomic E-state index is 14.1. The van der Waals surface area contributed by atoms with Gasteiger partial charge in [-0.1, -0.05) is 98.3 Å². The molecule has 0 fully saturated rings. The van der Waals surface area contributed by atoms with Crippen LogP contribution in [-0.2, 0) is 4.79 Å². The van der Waals surface area contributed by atoms with Crippen LogP contribution < -0.4 is 11.5 Å². The molecule has 0 aromatic heterocycles. The normalized spacial score (nSPS) is 12.5. The minimum Gasteiger partial charge on any atom is -0.480 e. The highest BCUT2D eigenvalue weighted by Crippen LogP contribution is 2.43. The molecule has 0 aliphatic carbocycles. The van der Waals surface area contributed by atoms with Crippen molar-refractivity contribution >= 4 is 28.9 Å². The first-order chi connectivity index (χ1) is 19.5. The lowest BCUT2D eigenvalue weighted by molar-refractivity contribution is -0.146. The summed E-state index contributed by atoms with van der Waals surface area (Å²) in [7, 11) is 0. The lowest BCUT2D eigenvalue weighted by Gasteiger charge is -2.37. The topological polar surface area (TPSA) is 123 Å². The molecule has 0 spiro atoms. The van der Waals surface area contributed by atoms with Crippen LogP contribution in [0.1, 0.15) is 125 Å². The van der Waals surface area contributed by atoms with Gasteiger partial charge >= 0.3 is 5.97 Å². The zero-order chi connectivity index (χ0) is 30.4. The molecule has 2 aromatic carbocycles. The standard InChI is InChI=1S/C35H52N2O4/c1-25(2)15-13-11-9-7-5-6-8-10-12-14-16-31(26(3)4)35(34(40)41,32(38)27-17-21-29(36)22-18-27)33(39)28-19-23-30(37)24-20-28/h17-26,31H,5-16,36-37H2,1-4H3,(H,40,41). The number of carbonyl (C=O) groups excluding carboxylic acids is 2. The van der Waals surface area contributed by atoms with Crippen molar-refractivity contribution in [3.8, 4) is 0 Å². The van der Waals surface area contributed by atoms with Gasteiger partial charge in [-0.3, -0.25) is 14.4 Å². The van der Waals surface area contributed by atoms with Gasteiger partial charge in [-0.2, -0.15) is 0 Å². The molecule has 6 heteroatoms. The summed E-state index contributed by atoms with van der Waals surface area (Å²) >= 11 is 0. The summed E-state index contributed by atoms with van der Waals surface area (Å²) in [6.45, 7) is 8.35. The number of hydrogen-bond donors (Lipinski definition) is 3. The minimum atomic E-state index is -2.25. The maximum Gasteiger partial charge on any atom is 0.325 e. The summed E-state index contributed by atoms with van der Waals surface area (Å²) in [5.74, 6) is -2.90. The predicted octanol–water partition coefficient (Wildman–Crippen LogP) is 8.60. The Morgan fingerprint density at radius 1 is 0.610 bits per heavy atom. The molecule has 0 aliphatic heterocycles. The van der Waals surface area contributed by atoms with Crippen LogP contribution in [0.2, 0.25) is 0 Å². The van der Waals surface area contributed by atoms with E-state index in [2.05, 4.69) is 13.8 Å². The van der Waals surface area contributed by atoms with Crippen molar-refractivity contribution in [2.45, 2.75) is 105 Å². The molecular weight excluding hydrogens is 512 g/mol. The molecule has 226 valence electrons. The van der Waals surface area contributed by atoms with Crippen LogP contribution in [0.4, 0.5) is 11.4 Å². The van der Waals surface area contributed by atoms with E-state index in [-0.39, 0.29) is 17.0 Å². The molecule has 1 atom stereocenters. The van der Waals surface area contributed by atoms with E-state index in [1.165, 1.54) is 69.2 Å². The molecule has 0 aliphatic rings. The molecule has 0 amide bonds. The number of carbonyl (C=O) groups is 3. The van der Waals surface area contributed by atoms with E-state index in [4.69, 9.17) is 11.5 Å². The van der Waals surface area contributed by atoms with Gasteiger partial charge in [0.15, 0.2) is 17.0 Å². The molecule has 2 rings (SSSR count). The van der Waals surface area contributed by atoms with Crippen LogP contribution in [0, 0.1) is 23.2 Å². The fourth-order valence-electron chi connectivity index (χ4n) is 5.90. The summed E-state index contributed by atoms with van der Waals surface area (Å²) in [6.07, 6.45) is 13.4. The fourth-order valence-corrected chi connectivity index (χ4v) is 5.90. The number of hydrogen-bond acceptors (Lipinski definition) is 5. The number of nitrogens with two attached hydrogens (primary N) is 2. The van der Waals surface area contributed by atoms with Gasteiger partial charge in [0.1, 0.15) is 0 Å². The number of rotatable bonds is 20. The van der Waals surface area contributed by atoms with E-state index in [9.17, 15) is 19.5 Å². The minimum absolute atomic E-state index is 0.167. The lowest BCUT2D eigenvalue weighted by atomic mass is 9.61. The fraction of sp³-hybridized carbons (Fsp3) is 0.571. The predicted molar refractivity (Wildman–Crippen MR) is 169 cm³/mol. The third-order valence-electron chi connectivity index (χ3n) is 8.31. The molecule has 0 saturated heterocycles. The van der Waals surface area contributed by atoms with Crippen molar-refractivity contribution in [2.75, 3.05) is 11.5 Å². The maximum absolute atomic E-state index is 14.1. The van der Waals surface area contributed by atoms with Crippen LogP contribution in [0.3, 0.4) is 0 Å². The lowest BCUT2D eigenvalue weighted by Crippen LogP contribution is -2.53. The van der Waals surface area contributed by atoms with Crippen LogP contribution in [0.5, 0.6) is 0 Å². The Morgan fingerprint density at radius 2 is 0.951 bits per heavy atom. The first kappa shape index (κ1) is 34.1. The highest BCUT2D eigenvalue weighted by atomic mass is 16.4. The highest BCUT2D eigenvalue weighted by Gasteiger charge is 2.59. The zero-order valence-corrected chi connectivity index (χ0v) is 25.7. The van der Waals surface area contributed by atoms with E-state index < -0.39 is 28.9 Å². The van der Waals surface area contributed by atoms with Crippen molar-refractivity contribution in [1.29, 1.82) is 0 Å². The van der Waals surface area contributed by atoms with E-state index in [0.717, 1.165) is 31.6 Å². The van der Waals surface area contributed by atoms with Crippen molar-refractivity contribution in [3.63, 3.8) is 0 Å². The largest absolute Gasteiger partial charge is 0.480 e. The van der Waals surface area contributed by atoms with Gasteiger partial charge in [0, 0.05) is 22.5 Å². The first-order valence-electron chi connectivity index (χ1n) is 15.6. The molecule has 0 radical (unpaired) electrons. The zero-order valence-electron chi connectivity index (χ0n) is 25.7. The second kappa shape index (κ2) is 17.0. The summed E-state index contributed by atoms with van der Waals surface area (Å²) in [4.78, 5) is 41.4. The van der Waals surface area contributed by atoms with Gasteiger partial charge in [-0.15, -0.1) is 0 Å². The third kappa shape index (κ3) is 9.72. The number of aliphatic carboxylic acids is 1. The van der Waals surface area contributed by atoms with Gasteiger partial charge in [-0.25, -0.2) is 0 Å². The number of carboxylic acid groups (broad SMARTS) is 1. The average molecular weight is 565 g/mol. The van der Waals surface area contributed by atoms with E-state index >= 15 is 0 Å². The number of Topliss-reactive ketones (excluding diaryl/α,β-unsaturated/α-hetero) is 2. The molecule has 1 unspecified atom stereocenters. The Kier molecular flexibility index (Phi) is 14.1. The van der Waals surface area contributed by atoms with Crippen molar-refractivity contribution in [2.24, 2.45) is 23.2 Å². The molecule has 2 aromatic rings. The SMILES string of the molecule is CC(C)CCCCCCCCCCCCC(C(C)C)C(C(=O)O)(C(=O)c1ccc(N)cc1)C(=O)c1ccc(N)cc1. The van der Waals surface area contributed by atoms with Crippen molar-refractivity contribution in [1.82, 2.24) is 0 Å². The number of ketones is 2. The molecular formula is C35H52N2O4. The van der Waals surface area contributed by atoms with Crippen LogP contribution in [-0.4, -0.2) is 22.6 Å². The van der Waals surface area contributed by atoms with E-state index in [1.807, 2.05) is 13.8 Å². The van der Waals surface area contributed by atoms with Crippen molar-refractivity contribution in [3.05, 3.63) is 59.7 Å². The third-order valence-corrected chi connectivity index (χ3v) is 8.31. The Bertz CT molecular complexity index is 1030. The Morgan fingerprint density at radius 3 is 1.27 bits per heavy atom. The summed E-state index contributed by atoms with van der Waals surface area (Å²) < 4.78 is 0. The Balaban J connectivity index is 2.14. The number of benzene rings is 2. The van der Waals surface area contributed by atoms with Gasteiger partial charge in [-0.05, 0) is 72.7 Å². The molecule has 41 heavy (non-hydrogen) atoms. The molecule has 6 nitrogen and oxygen atoms in total. The van der Waals surface area contributed by atoms with Gasteiger partial charge < -0.3 is 16.6 Å². The van der Waals surface area contributed by atoms with E-state index in [0.29, 0.717) is 17.8 Å². The van der Waals surface area contributed by atoms with Gasteiger partial charge in [0.25, 0.3) is 0 Å². The second-order valence-electron chi connectivity index (χ2n) is 12.4. The quantitative estimate of drug-likeness (QED) is 0.0640. The summed E-state index contributed by atoms with van der Waals surface area (Å²) in [5.41, 5.74) is 10.6. The number of unbranched alkanes of at least 4 members (excludes halogenated alkanes) is 9. The first-order valence-corrected chi connectivity index (χ1v) is 15.6. The summed E-state index contributed by atoms with van der Waals surface area (Å²) in [5, 5.41) is 10.7. The number of nitrogen functional groups attached to an aromatic ring is 2. The molecule has 0 saturated carbocycles. The average Bonchev–Trinajstić information content (AvgIpc) is 2.92. The Hall–Kier alpha value is -3.15. The number of anilines is 2. The van der Waals surface area contributed by atoms with Gasteiger partial charge in [0.05, 0.1) is 0 Å². The van der Waals surface area contributed by atoms with Crippen LogP contribution in [0.25, 0.3) is 0 Å². The van der Waals surface area contributed by atoms with Gasteiger partial charge in [0.2, 0.25) is 0 Å². The van der Waals surface area contributed by atoms with Crippen LogP contribution in [0.15, 0.2) is 48.5 Å². The highest BCUT2D eigenvalue weighted by molar-refractivity contribution is 6.31. The summed E-state index contributed by atoms with van der Waals surface area (Å²) in [6, 6.07) is 12.3. The molecule has 5 N–H and O–H groups in total. The second-order valence-corrected chi connectivity index (χ2v) is 12.4. The van der Waals surface area contributed by atoms with Crippen LogP contribution >= 0.6 is 0 Å². The van der Waals surface area contributed by atoms with Crippen molar-refractivity contribution < 1.29 is 19.5 Å². The Labute approximate surface area is 247 Å².